The first-order chi connectivity index (χ1) is 12.4. The van der Waals surface area contributed by atoms with Gasteiger partial charge in [0.2, 0.25) is 23.6 Å². The van der Waals surface area contributed by atoms with Crippen LogP contribution in [0.15, 0.2) is 0 Å². The number of hydrogen-bond donors (Lipinski definition) is 7. The molecule has 0 aliphatic carbocycles. The molecule has 0 saturated carbocycles. The fourth-order valence-corrected chi connectivity index (χ4v) is 2.11. The molecule has 0 rings (SSSR count). The van der Waals surface area contributed by atoms with E-state index >= 15 is 0 Å². The first kappa shape index (κ1) is 24.7. The number of nitrogens with one attached hydrogen (secondary N) is 3. The van der Waals surface area contributed by atoms with Gasteiger partial charge in [-0.25, -0.2) is 4.79 Å². The van der Waals surface area contributed by atoms with Gasteiger partial charge < -0.3 is 32.5 Å². The SMILES string of the molecule is CC(NC(=O)C(N)CS)C(=O)NC(C(=O)NC(CC(N)=O)C(=O)O)C(C)C. The maximum Gasteiger partial charge on any atom is 0.326 e. The van der Waals surface area contributed by atoms with Gasteiger partial charge in [-0.15, -0.1) is 0 Å². The van der Waals surface area contributed by atoms with Crippen LogP contribution in [0.1, 0.15) is 27.2 Å². The summed E-state index contributed by atoms with van der Waals surface area (Å²) in [5.41, 5.74) is 10.5. The summed E-state index contributed by atoms with van der Waals surface area (Å²) in [4.78, 5) is 58.4. The summed E-state index contributed by atoms with van der Waals surface area (Å²) in [7, 11) is 0. The van der Waals surface area contributed by atoms with E-state index in [2.05, 4.69) is 28.6 Å². The Morgan fingerprint density at radius 1 is 0.963 bits per heavy atom. The molecule has 4 unspecified atom stereocenters. The third kappa shape index (κ3) is 8.73. The maximum absolute atomic E-state index is 12.4. The van der Waals surface area contributed by atoms with Crippen LogP contribution in [0.5, 0.6) is 0 Å². The number of primary amides is 1. The summed E-state index contributed by atoms with van der Waals surface area (Å²) in [5, 5.41) is 16.1. The number of rotatable bonds is 11. The molecule has 0 heterocycles. The van der Waals surface area contributed by atoms with Gasteiger partial charge in [-0.3, -0.25) is 19.2 Å². The maximum atomic E-state index is 12.4. The van der Waals surface area contributed by atoms with Crippen LogP contribution in [-0.2, 0) is 24.0 Å². The second kappa shape index (κ2) is 11.4. The summed E-state index contributed by atoms with van der Waals surface area (Å²) in [6, 6.07) is -4.49. The Hall–Kier alpha value is -2.34. The lowest BCUT2D eigenvalue weighted by Gasteiger charge is -2.25. The first-order valence-electron chi connectivity index (χ1n) is 8.19. The molecule has 11 nitrogen and oxygen atoms in total. The van der Waals surface area contributed by atoms with Crippen LogP contribution in [0.2, 0.25) is 0 Å². The van der Waals surface area contributed by atoms with Crippen LogP contribution in [0.25, 0.3) is 0 Å². The highest BCUT2D eigenvalue weighted by Gasteiger charge is 2.31. The lowest BCUT2D eigenvalue weighted by atomic mass is 10.0. The van der Waals surface area contributed by atoms with Crippen LogP contribution in [-0.4, -0.2) is 64.6 Å². The molecule has 12 heteroatoms. The lowest BCUT2D eigenvalue weighted by molar-refractivity contribution is -0.144. The van der Waals surface area contributed by atoms with E-state index in [1.807, 2.05) is 0 Å². The number of amides is 4. The predicted molar refractivity (Wildman–Crippen MR) is 99.6 cm³/mol. The molecule has 4 amide bonds. The van der Waals surface area contributed by atoms with Crippen LogP contribution in [0.3, 0.4) is 0 Å². The van der Waals surface area contributed by atoms with Crippen molar-refractivity contribution < 1.29 is 29.1 Å². The number of carboxylic acids is 1. The van der Waals surface area contributed by atoms with Crippen LogP contribution < -0.4 is 27.4 Å². The van der Waals surface area contributed by atoms with E-state index in [1.165, 1.54) is 6.92 Å². The molecule has 0 saturated heterocycles. The first-order valence-corrected chi connectivity index (χ1v) is 8.82. The Morgan fingerprint density at radius 2 is 1.52 bits per heavy atom. The highest BCUT2D eigenvalue weighted by Crippen LogP contribution is 2.04. The zero-order chi connectivity index (χ0) is 21.3. The van der Waals surface area contributed by atoms with Gasteiger partial charge >= 0.3 is 5.97 Å². The number of hydrogen-bond acceptors (Lipinski definition) is 7. The van der Waals surface area contributed by atoms with Gasteiger partial charge in [0.05, 0.1) is 12.5 Å². The van der Waals surface area contributed by atoms with Gasteiger partial charge in [0.15, 0.2) is 0 Å². The van der Waals surface area contributed by atoms with E-state index in [0.717, 1.165) is 0 Å². The molecule has 0 spiro atoms. The monoisotopic (exact) mass is 405 g/mol. The smallest absolute Gasteiger partial charge is 0.326 e. The molecular formula is C15H27N5O6S. The Kier molecular flexibility index (Phi) is 10.4. The van der Waals surface area contributed by atoms with E-state index in [1.54, 1.807) is 13.8 Å². The van der Waals surface area contributed by atoms with E-state index < -0.39 is 66.1 Å². The quantitative estimate of drug-likeness (QED) is 0.182. The highest BCUT2D eigenvalue weighted by molar-refractivity contribution is 7.80. The van der Waals surface area contributed by atoms with Crippen LogP contribution in [0.4, 0.5) is 0 Å². The lowest BCUT2D eigenvalue weighted by Crippen LogP contribution is -2.58. The Morgan fingerprint density at radius 3 is 1.93 bits per heavy atom. The molecule has 8 N–H and O–H groups in total. The zero-order valence-corrected chi connectivity index (χ0v) is 16.3. The molecule has 0 aliphatic rings. The van der Waals surface area contributed by atoms with Crippen molar-refractivity contribution in [2.24, 2.45) is 17.4 Å². The number of aliphatic carboxylic acids is 1. The van der Waals surface area contributed by atoms with Gasteiger partial charge in [-0.1, -0.05) is 13.8 Å². The van der Waals surface area contributed by atoms with Gasteiger partial charge in [0.1, 0.15) is 18.1 Å². The number of carboxylic acid groups (broad SMARTS) is 1. The molecule has 0 fully saturated rings. The molecule has 0 aromatic rings. The molecule has 0 aromatic heterocycles. The standard InChI is InChI=1S/C15H27N5O6S/c1-6(2)11(14(24)19-9(15(25)26)4-10(17)21)20-12(22)7(3)18-13(23)8(16)5-27/h6-9,11,27H,4-5,16H2,1-3H3,(H2,17,21)(H,18,23)(H,19,24)(H,20,22)(H,25,26). The molecule has 0 radical (unpaired) electrons. The van der Waals surface area contributed by atoms with Gasteiger partial charge in [0, 0.05) is 5.75 Å². The van der Waals surface area contributed by atoms with Crippen molar-refractivity contribution in [1.82, 2.24) is 16.0 Å². The largest absolute Gasteiger partial charge is 0.480 e. The fourth-order valence-electron chi connectivity index (χ4n) is 1.94. The van der Waals surface area contributed by atoms with Crippen molar-refractivity contribution in [1.29, 1.82) is 0 Å². The molecule has 0 aromatic carbocycles. The van der Waals surface area contributed by atoms with Gasteiger partial charge in [-0.2, -0.15) is 12.6 Å². The Labute approximate surface area is 162 Å². The summed E-state index contributed by atoms with van der Waals surface area (Å²) in [6.07, 6.45) is -0.589. The van der Waals surface area contributed by atoms with Crippen molar-refractivity contribution in [3.63, 3.8) is 0 Å². The van der Waals surface area contributed by atoms with Crippen LogP contribution in [0, 0.1) is 5.92 Å². The Bertz CT molecular complexity index is 585. The van der Waals surface area contributed by atoms with Crippen LogP contribution >= 0.6 is 12.6 Å². The fraction of sp³-hybridized carbons (Fsp3) is 0.667. The summed E-state index contributed by atoms with van der Waals surface area (Å²) < 4.78 is 0. The van der Waals surface area contributed by atoms with Gasteiger partial charge in [0.25, 0.3) is 0 Å². The summed E-state index contributed by atoms with van der Waals surface area (Å²) in [5.74, 6) is -4.68. The van der Waals surface area contributed by atoms with Crippen molar-refractivity contribution in [3.8, 4) is 0 Å². The minimum absolute atomic E-state index is 0.0909. The van der Waals surface area contributed by atoms with Crippen molar-refractivity contribution in [2.45, 2.75) is 51.4 Å². The molecule has 0 bridgehead atoms. The number of thiol groups is 1. The van der Waals surface area contributed by atoms with E-state index in [9.17, 15) is 24.0 Å². The van der Waals surface area contributed by atoms with Crippen molar-refractivity contribution in [3.05, 3.63) is 0 Å². The summed E-state index contributed by atoms with van der Waals surface area (Å²) >= 11 is 3.89. The topological polar surface area (TPSA) is 194 Å². The molecule has 154 valence electrons. The van der Waals surface area contributed by atoms with E-state index in [4.69, 9.17) is 16.6 Å². The second-order valence-electron chi connectivity index (χ2n) is 6.32. The zero-order valence-electron chi connectivity index (χ0n) is 15.4. The third-order valence-corrected chi connectivity index (χ3v) is 3.95. The van der Waals surface area contributed by atoms with E-state index in [0.29, 0.717) is 0 Å². The van der Waals surface area contributed by atoms with E-state index in [-0.39, 0.29) is 5.75 Å². The average molecular weight is 405 g/mol. The molecular weight excluding hydrogens is 378 g/mol. The normalized spacial score (nSPS) is 15.2. The summed E-state index contributed by atoms with van der Waals surface area (Å²) in [6.45, 7) is 4.67. The van der Waals surface area contributed by atoms with Gasteiger partial charge in [-0.05, 0) is 12.8 Å². The van der Waals surface area contributed by atoms with Crippen molar-refractivity contribution in [2.75, 3.05) is 5.75 Å². The minimum atomic E-state index is -1.52. The highest BCUT2D eigenvalue weighted by atomic mass is 32.1. The second-order valence-corrected chi connectivity index (χ2v) is 6.68. The average Bonchev–Trinajstić information content (AvgIpc) is 2.56. The number of carbonyl (C=O) groups excluding carboxylic acids is 4. The molecule has 4 atom stereocenters. The minimum Gasteiger partial charge on any atom is -0.480 e. The number of nitrogens with two attached hydrogens (primary N) is 2. The molecule has 27 heavy (non-hydrogen) atoms. The van der Waals surface area contributed by atoms with Crippen molar-refractivity contribution >= 4 is 42.2 Å². The number of carbonyl (C=O) groups is 5. The third-order valence-electron chi connectivity index (χ3n) is 3.55. The molecule has 0 aliphatic heterocycles. The predicted octanol–water partition coefficient (Wildman–Crippen LogP) is -2.67. The Balaban J connectivity index is 5.03.